The highest BCUT2D eigenvalue weighted by atomic mass is 32.2. The van der Waals surface area contributed by atoms with Gasteiger partial charge in [0.05, 0.1) is 0 Å². The van der Waals surface area contributed by atoms with Gasteiger partial charge in [-0.2, -0.15) is 5.26 Å². The topological polar surface area (TPSA) is 44.0 Å². The fourth-order valence-electron chi connectivity index (χ4n) is 1.34. The summed E-state index contributed by atoms with van der Waals surface area (Å²) in [6.45, 7) is 1.99. The molecule has 0 aromatic heterocycles. The lowest BCUT2D eigenvalue weighted by Crippen LogP contribution is -1.90. The number of aryl methyl sites for hydroxylation is 2. The number of nitrogens with zero attached hydrogens (tertiary/aromatic N) is 1. The van der Waals surface area contributed by atoms with Crippen LogP contribution in [0.5, 0.6) is 5.75 Å². The van der Waals surface area contributed by atoms with Gasteiger partial charge < -0.3 is 5.11 Å². The van der Waals surface area contributed by atoms with E-state index in [0.29, 0.717) is 5.75 Å². The van der Waals surface area contributed by atoms with Crippen LogP contribution in [0.15, 0.2) is 18.2 Å². The van der Waals surface area contributed by atoms with Crippen LogP contribution in [-0.2, 0) is 6.42 Å². The summed E-state index contributed by atoms with van der Waals surface area (Å²) in [4.78, 5) is 0. The molecule has 0 saturated carbocycles. The third-order valence-electron chi connectivity index (χ3n) is 2.08. The van der Waals surface area contributed by atoms with Gasteiger partial charge in [0.2, 0.25) is 0 Å². The van der Waals surface area contributed by atoms with E-state index in [1.807, 2.05) is 13.0 Å². The SMILES string of the molecule is Cc1cc(O)ccc1CCCSC#N. The fourth-order valence-corrected chi connectivity index (χ4v) is 1.72. The van der Waals surface area contributed by atoms with E-state index in [1.165, 1.54) is 17.3 Å². The standard InChI is InChI=1S/C11H13NOS/c1-9-7-11(13)5-4-10(9)3-2-6-14-8-12/h4-5,7,13H,2-3,6H2,1H3. The summed E-state index contributed by atoms with van der Waals surface area (Å²) in [5.74, 6) is 1.19. The number of hydrogen-bond donors (Lipinski definition) is 1. The zero-order valence-corrected chi connectivity index (χ0v) is 8.97. The second kappa shape index (κ2) is 5.56. The molecule has 0 spiro atoms. The van der Waals surface area contributed by atoms with Gasteiger partial charge in [-0.05, 0) is 54.8 Å². The van der Waals surface area contributed by atoms with E-state index >= 15 is 0 Å². The Bertz CT molecular complexity index is 344. The van der Waals surface area contributed by atoms with E-state index in [-0.39, 0.29) is 0 Å². The average Bonchev–Trinajstić information content (AvgIpc) is 2.15. The molecule has 0 saturated heterocycles. The molecule has 0 aliphatic heterocycles. The molecule has 0 unspecified atom stereocenters. The van der Waals surface area contributed by atoms with Crippen LogP contribution in [0.2, 0.25) is 0 Å². The minimum atomic E-state index is 0.317. The minimum absolute atomic E-state index is 0.317. The lowest BCUT2D eigenvalue weighted by Gasteiger charge is -2.04. The summed E-state index contributed by atoms with van der Waals surface area (Å²) >= 11 is 1.29. The molecule has 0 heterocycles. The minimum Gasteiger partial charge on any atom is -0.508 e. The summed E-state index contributed by atoms with van der Waals surface area (Å²) < 4.78 is 0. The molecule has 1 rings (SSSR count). The zero-order chi connectivity index (χ0) is 10.4. The van der Waals surface area contributed by atoms with Crippen LogP contribution in [0.4, 0.5) is 0 Å². The molecule has 3 heteroatoms. The van der Waals surface area contributed by atoms with Gasteiger partial charge >= 0.3 is 0 Å². The van der Waals surface area contributed by atoms with Gasteiger partial charge in [0, 0.05) is 5.75 Å². The summed E-state index contributed by atoms with van der Waals surface area (Å²) in [7, 11) is 0. The Morgan fingerprint density at radius 3 is 2.93 bits per heavy atom. The predicted octanol–water partition coefficient (Wildman–Crippen LogP) is 2.85. The molecule has 1 aromatic carbocycles. The maximum Gasteiger partial charge on any atom is 0.133 e. The number of thioether (sulfide) groups is 1. The molecule has 0 radical (unpaired) electrons. The highest BCUT2D eigenvalue weighted by molar-refractivity contribution is 8.03. The zero-order valence-electron chi connectivity index (χ0n) is 8.16. The predicted molar refractivity (Wildman–Crippen MR) is 59.2 cm³/mol. The van der Waals surface area contributed by atoms with Gasteiger partial charge in [-0.15, -0.1) is 0 Å². The molecule has 0 aliphatic carbocycles. The summed E-state index contributed by atoms with van der Waals surface area (Å²) in [6, 6.07) is 5.42. The largest absolute Gasteiger partial charge is 0.508 e. The van der Waals surface area contributed by atoms with Crippen molar-refractivity contribution >= 4 is 11.8 Å². The maximum atomic E-state index is 9.20. The lowest BCUT2D eigenvalue weighted by atomic mass is 10.0. The van der Waals surface area contributed by atoms with Crippen molar-refractivity contribution < 1.29 is 5.11 Å². The first-order valence-electron chi connectivity index (χ1n) is 4.53. The van der Waals surface area contributed by atoms with E-state index in [4.69, 9.17) is 5.26 Å². The summed E-state index contributed by atoms with van der Waals surface area (Å²) in [5, 5.41) is 19.6. The Morgan fingerprint density at radius 2 is 2.29 bits per heavy atom. The average molecular weight is 207 g/mol. The van der Waals surface area contributed by atoms with E-state index in [1.54, 1.807) is 12.1 Å². The summed E-state index contributed by atoms with van der Waals surface area (Å²) in [6.07, 6.45) is 1.98. The van der Waals surface area contributed by atoms with Crippen molar-refractivity contribution in [2.45, 2.75) is 19.8 Å². The van der Waals surface area contributed by atoms with Crippen molar-refractivity contribution in [3.8, 4) is 11.2 Å². The van der Waals surface area contributed by atoms with Crippen molar-refractivity contribution in [2.75, 3.05) is 5.75 Å². The number of thiocyanates is 1. The number of phenolic OH excluding ortho intramolecular Hbond substituents is 1. The van der Waals surface area contributed by atoms with E-state index in [9.17, 15) is 5.11 Å². The highest BCUT2D eigenvalue weighted by Gasteiger charge is 1.99. The molecule has 1 N–H and O–H groups in total. The highest BCUT2D eigenvalue weighted by Crippen LogP contribution is 2.17. The number of benzene rings is 1. The molecule has 0 fully saturated rings. The van der Waals surface area contributed by atoms with Crippen molar-refractivity contribution in [3.63, 3.8) is 0 Å². The third-order valence-corrected chi connectivity index (χ3v) is 2.71. The number of aromatic hydroxyl groups is 1. The number of hydrogen-bond acceptors (Lipinski definition) is 3. The molecule has 0 atom stereocenters. The quantitative estimate of drug-likeness (QED) is 0.610. The van der Waals surface area contributed by atoms with Gasteiger partial charge in [0.15, 0.2) is 0 Å². The fraction of sp³-hybridized carbons (Fsp3) is 0.364. The first-order chi connectivity index (χ1) is 6.74. The van der Waals surface area contributed by atoms with E-state index in [0.717, 1.165) is 24.2 Å². The van der Waals surface area contributed by atoms with Crippen LogP contribution in [0.3, 0.4) is 0 Å². The number of phenols is 1. The normalized spacial score (nSPS) is 9.71. The second-order valence-electron chi connectivity index (χ2n) is 3.15. The Morgan fingerprint density at radius 1 is 1.50 bits per heavy atom. The molecule has 0 bridgehead atoms. The van der Waals surface area contributed by atoms with E-state index < -0.39 is 0 Å². The van der Waals surface area contributed by atoms with Crippen LogP contribution in [-0.4, -0.2) is 10.9 Å². The van der Waals surface area contributed by atoms with Gasteiger partial charge in [-0.1, -0.05) is 6.07 Å². The molecular weight excluding hydrogens is 194 g/mol. The Labute approximate surface area is 88.6 Å². The van der Waals surface area contributed by atoms with Crippen molar-refractivity contribution in [2.24, 2.45) is 0 Å². The van der Waals surface area contributed by atoms with Crippen molar-refractivity contribution in [1.82, 2.24) is 0 Å². The molecule has 74 valence electrons. The smallest absolute Gasteiger partial charge is 0.133 e. The first-order valence-corrected chi connectivity index (χ1v) is 5.52. The molecule has 1 aromatic rings. The monoisotopic (exact) mass is 207 g/mol. The lowest BCUT2D eigenvalue weighted by molar-refractivity contribution is 0.474. The van der Waals surface area contributed by atoms with Crippen LogP contribution in [0.1, 0.15) is 17.5 Å². The number of nitriles is 1. The first kappa shape index (κ1) is 10.9. The van der Waals surface area contributed by atoms with Crippen LogP contribution >= 0.6 is 11.8 Å². The van der Waals surface area contributed by atoms with Gasteiger partial charge in [-0.25, -0.2) is 0 Å². The molecule has 0 amide bonds. The van der Waals surface area contributed by atoms with Crippen LogP contribution in [0.25, 0.3) is 0 Å². The van der Waals surface area contributed by atoms with Gasteiger partial charge in [0.25, 0.3) is 0 Å². The maximum absolute atomic E-state index is 9.20. The molecule has 0 aliphatic rings. The van der Waals surface area contributed by atoms with Crippen LogP contribution in [0, 0.1) is 17.6 Å². The second-order valence-corrected chi connectivity index (χ2v) is 4.03. The summed E-state index contributed by atoms with van der Waals surface area (Å²) in [5.41, 5.74) is 2.37. The van der Waals surface area contributed by atoms with Crippen molar-refractivity contribution in [3.05, 3.63) is 29.3 Å². The van der Waals surface area contributed by atoms with Crippen LogP contribution < -0.4 is 0 Å². The molecular formula is C11H13NOS. The Hall–Kier alpha value is -1.14. The number of rotatable bonds is 4. The third kappa shape index (κ3) is 3.31. The van der Waals surface area contributed by atoms with Gasteiger partial charge in [-0.3, -0.25) is 0 Å². The molecule has 14 heavy (non-hydrogen) atoms. The Kier molecular flexibility index (Phi) is 4.34. The molecule has 2 nitrogen and oxygen atoms in total. The Balaban J connectivity index is 2.47. The van der Waals surface area contributed by atoms with Crippen molar-refractivity contribution in [1.29, 1.82) is 5.26 Å². The van der Waals surface area contributed by atoms with Gasteiger partial charge in [0.1, 0.15) is 11.2 Å². The van der Waals surface area contributed by atoms with E-state index in [2.05, 4.69) is 5.40 Å².